The van der Waals surface area contributed by atoms with Gasteiger partial charge in [-0.05, 0) is 6.42 Å². The summed E-state index contributed by atoms with van der Waals surface area (Å²) in [6, 6.07) is 0. The highest BCUT2D eigenvalue weighted by molar-refractivity contribution is 7.85. The Morgan fingerprint density at radius 1 is 1.10 bits per heavy atom. The molecule has 21 heavy (non-hydrogen) atoms. The SMILES string of the molecule is C=C(S)C(=O)O.C=CC(=O)OCCCCCCCCCC. The number of unbranched alkanes of at least 4 members (excludes halogenated alkanes) is 7. The first-order valence-corrected chi connectivity index (χ1v) is 7.80. The van der Waals surface area contributed by atoms with E-state index in [9.17, 15) is 9.59 Å². The van der Waals surface area contributed by atoms with Crippen LogP contribution in [0.15, 0.2) is 24.1 Å². The smallest absolute Gasteiger partial charge is 0.341 e. The molecule has 4 nitrogen and oxygen atoms in total. The molecule has 122 valence electrons. The Labute approximate surface area is 133 Å². The van der Waals surface area contributed by atoms with Gasteiger partial charge in [-0.3, -0.25) is 0 Å². The quantitative estimate of drug-likeness (QED) is 0.257. The van der Waals surface area contributed by atoms with Crippen LogP contribution in [-0.4, -0.2) is 23.7 Å². The fourth-order valence-electron chi connectivity index (χ4n) is 1.47. The molecule has 0 aliphatic carbocycles. The van der Waals surface area contributed by atoms with Crippen molar-refractivity contribution in [2.75, 3.05) is 6.61 Å². The summed E-state index contributed by atoms with van der Waals surface area (Å²) >= 11 is 3.40. The van der Waals surface area contributed by atoms with E-state index in [4.69, 9.17) is 9.84 Å². The van der Waals surface area contributed by atoms with E-state index in [1.807, 2.05) is 0 Å². The summed E-state index contributed by atoms with van der Waals surface area (Å²) in [4.78, 5) is 20.1. The molecule has 0 aromatic rings. The molecular formula is C16H28O4S. The zero-order valence-electron chi connectivity index (χ0n) is 13.0. The summed E-state index contributed by atoms with van der Waals surface area (Å²) in [5.74, 6) is -1.38. The molecule has 0 atom stereocenters. The lowest BCUT2D eigenvalue weighted by Crippen LogP contribution is -2.01. The van der Waals surface area contributed by atoms with Crippen LogP contribution < -0.4 is 0 Å². The fraction of sp³-hybridized carbons (Fsp3) is 0.625. The molecule has 0 aliphatic rings. The maximum Gasteiger partial charge on any atom is 0.341 e. The van der Waals surface area contributed by atoms with E-state index in [-0.39, 0.29) is 10.9 Å². The lowest BCUT2D eigenvalue weighted by Gasteiger charge is -2.02. The molecule has 0 rings (SSSR count). The molecule has 0 aromatic heterocycles. The van der Waals surface area contributed by atoms with Crippen LogP contribution in [0.5, 0.6) is 0 Å². The second kappa shape index (κ2) is 16.8. The van der Waals surface area contributed by atoms with Crippen LogP contribution in [0.3, 0.4) is 0 Å². The molecule has 0 radical (unpaired) electrons. The average molecular weight is 316 g/mol. The maximum absolute atomic E-state index is 10.7. The Balaban J connectivity index is 0. The van der Waals surface area contributed by atoms with E-state index in [2.05, 4.69) is 32.7 Å². The Kier molecular flexibility index (Phi) is 17.7. The average Bonchev–Trinajstić information content (AvgIpc) is 2.45. The molecule has 5 heteroatoms. The first-order chi connectivity index (χ1) is 9.95. The van der Waals surface area contributed by atoms with Crippen molar-refractivity contribution in [3.05, 3.63) is 24.1 Å². The van der Waals surface area contributed by atoms with Crippen LogP contribution in [-0.2, 0) is 14.3 Å². The van der Waals surface area contributed by atoms with Crippen molar-refractivity contribution in [1.82, 2.24) is 0 Å². The summed E-state index contributed by atoms with van der Waals surface area (Å²) in [6.07, 6.45) is 11.3. The van der Waals surface area contributed by atoms with Gasteiger partial charge < -0.3 is 9.84 Å². The van der Waals surface area contributed by atoms with Crippen LogP contribution in [0.1, 0.15) is 58.3 Å². The molecule has 0 aliphatic heterocycles. The van der Waals surface area contributed by atoms with Gasteiger partial charge in [-0.15, -0.1) is 12.6 Å². The minimum Gasteiger partial charge on any atom is -0.477 e. The Hall–Kier alpha value is -1.23. The Morgan fingerprint density at radius 3 is 1.90 bits per heavy atom. The van der Waals surface area contributed by atoms with E-state index in [0.29, 0.717) is 6.61 Å². The second-order valence-corrected chi connectivity index (χ2v) is 5.14. The topological polar surface area (TPSA) is 63.6 Å². The third kappa shape index (κ3) is 21.2. The highest BCUT2D eigenvalue weighted by Gasteiger charge is 1.95. The highest BCUT2D eigenvalue weighted by atomic mass is 32.1. The van der Waals surface area contributed by atoms with Crippen LogP contribution >= 0.6 is 12.6 Å². The minimum absolute atomic E-state index is 0.130. The first kappa shape index (κ1) is 22.1. The molecular weight excluding hydrogens is 288 g/mol. The number of hydrogen-bond acceptors (Lipinski definition) is 4. The second-order valence-electron chi connectivity index (χ2n) is 4.60. The number of carboxylic acids is 1. The summed E-state index contributed by atoms with van der Waals surface area (Å²) in [5.41, 5.74) is 0. The Bertz CT molecular complexity index is 301. The van der Waals surface area contributed by atoms with Crippen molar-refractivity contribution in [3.63, 3.8) is 0 Å². The van der Waals surface area contributed by atoms with Gasteiger partial charge in [0.1, 0.15) is 0 Å². The summed E-state index contributed by atoms with van der Waals surface area (Å²) in [7, 11) is 0. The van der Waals surface area contributed by atoms with Crippen LogP contribution in [0.4, 0.5) is 0 Å². The van der Waals surface area contributed by atoms with Gasteiger partial charge in [0.2, 0.25) is 0 Å². The van der Waals surface area contributed by atoms with Gasteiger partial charge in [-0.25, -0.2) is 9.59 Å². The van der Waals surface area contributed by atoms with Gasteiger partial charge in [0.15, 0.2) is 0 Å². The van der Waals surface area contributed by atoms with Crippen molar-refractivity contribution in [3.8, 4) is 0 Å². The van der Waals surface area contributed by atoms with Crippen molar-refractivity contribution in [1.29, 1.82) is 0 Å². The number of ether oxygens (including phenoxy) is 1. The van der Waals surface area contributed by atoms with Crippen LogP contribution in [0.2, 0.25) is 0 Å². The normalized spacial score (nSPS) is 9.24. The van der Waals surface area contributed by atoms with E-state index < -0.39 is 5.97 Å². The van der Waals surface area contributed by atoms with Gasteiger partial charge in [0.25, 0.3) is 0 Å². The molecule has 0 bridgehead atoms. The van der Waals surface area contributed by atoms with Crippen LogP contribution in [0, 0.1) is 0 Å². The molecule has 0 heterocycles. The van der Waals surface area contributed by atoms with Crippen molar-refractivity contribution < 1.29 is 19.4 Å². The van der Waals surface area contributed by atoms with Crippen molar-refractivity contribution in [2.24, 2.45) is 0 Å². The monoisotopic (exact) mass is 316 g/mol. The largest absolute Gasteiger partial charge is 0.477 e. The standard InChI is InChI=1S/C13H24O2.C3H4O2S/c1-3-5-6-7-8-9-10-11-12-15-13(14)4-2;1-2(6)3(4)5/h4H,2-3,5-12H2,1H3;6H,1H2,(H,4,5). The lowest BCUT2D eigenvalue weighted by atomic mass is 10.1. The molecule has 1 N–H and O–H groups in total. The molecule has 0 amide bonds. The number of carbonyl (C=O) groups is 2. The summed E-state index contributed by atoms with van der Waals surface area (Å²) in [6.45, 7) is 9.13. The molecule has 0 saturated carbocycles. The predicted octanol–water partition coefficient (Wildman–Crippen LogP) is 4.37. The number of aliphatic carboxylic acids is 1. The number of hydrogen-bond donors (Lipinski definition) is 2. The zero-order valence-corrected chi connectivity index (χ0v) is 13.9. The predicted molar refractivity (Wildman–Crippen MR) is 89.5 cm³/mol. The van der Waals surface area contributed by atoms with Gasteiger partial charge in [0, 0.05) is 6.08 Å². The number of carboxylic acid groups (broad SMARTS) is 1. The molecule has 0 spiro atoms. The summed E-state index contributed by atoms with van der Waals surface area (Å²) in [5, 5.41) is 7.81. The van der Waals surface area contributed by atoms with E-state index >= 15 is 0 Å². The zero-order chi connectivity index (χ0) is 16.5. The van der Waals surface area contributed by atoms with Gasteiger partial charge in [-0.2, -0.15) is 0 Å². The number of thiol groups is 1. The first-order valence-electron chi connectivity index (χ1n) is 7.36. The number of rotatable bonds is 11. The van der Waals surface area contributed by atoms with Gasteiger partial charge >= 0.3 is 11.9 Å². The number of esters is 1. The number of carbonyl (C=O) groups excluding carboxylic acids is 1. The third-order valence-electron chi connectivity index (χ3n) is 2.66. The lowest BCUT2D eigenvalue weighted by molar-refractivity contribution is -0.138. The van der Waals surface area contributed by atoms with E-state index in [0.717, 1.165) is 12.8 Å². The molecule has 0 aromatic carbocycles. The third-order valence-corrected chi connectivity index (χ3v) is 2.85. The molecule has 0 fully saturated rings. The van der Waals surface area contributed by atoms with Gasteiger partial charge in [-0.1, -0.05) is 65.0 Å². The minimum atomic E-state index is -1.07. The molecule has 0 saturated heterocycles. The van der Waals surface area contributed by atoms with E-state index in [1.165, 1.54) is 44.6 Å². The van der Waals surface area contributed by atoms with E-state index in [1.54, 1.807) is 0 Å². The molecule has 0 unspecified atom stereocenters. The van der Waals surface area contributed by atoms with Gasteiger partial charge in [0.05, 0.1) is 11.5 Å². The van der Waals surface area contributed by atoms with Crippen LogP contribution in [0.25, 0.3) is 0 Å². The van der Waals surface area contributed by atoms with Crippen molar-refractivity contribution >= 4 is 24.6 Å². The summed E-state index contributed by atoms with van der Waals surface area (Å²) < 4.78 is 4.88. The Morgan fingerprint density at radius 2 is 1.52 bits per heavy atom. The van der Waals surface area contributed by atoms with Crippen molar-refractivity contribution in [2.45, 2.75) is 58.3 Å². The fourth-order valence-corrected chi connectivity index (χ4v) is 1.47. The maximum atomic E-state index is 10.7. The highest BCUT2D eigenvalue weighted by Crippen LogP contribution is 2.08.